The second-order valence-electron chi connectivity index (χ2n) is 7.36. The lowest BCUT2D eigenvalue weighted by Gasteiger charge is -2.25. The number of hydrogen-bond donors (Lipinski definition) is 2. The summed E-state index contributed by atoms with van der Waals surface area (Å²) in [5, 5.41) is 13.9. The first-order valence-corrected chi connectivity index (χ1v) is 10.5. The Balaban J connectivity index is 1.77. The van der Waals surface area contributed by atoms with Crippen LogP contribution in [-0.4, -0.2) is 21.8 Å². The molecule has 0 bridgehead atoms. The van der Waals surface area contributed by atoms with E-state index < -0.39 is 23.5 Å². The van der Waals surface area contributed by atoms with E-state index in [-0.39, 0.29) is 17.0 Å². The number of aromatic nitrogens is 1. The summed E-state index contributed by atoms with van der Waals surface area (Å²) in [4.78, 5) is 31.3. The number of aliphatic hydroxyl groups excluding tert-OH is 1. The highest BCUT2D eigenvalue weighted by Crippen LogP contribution is 2.45. The predicted octanol–water partition coefficient (Wildman–Crippen LogP) is 5.30. The fraction of sp³-hybridized carbons (Fsp3) is 0.0833. The number of carbonyl (C=O) groups excluding carboxylic acids is 2. The van der Waals surface area contributed by atoms with Crippen molar-refractivity contribution in [2.24, 2.45) is 0 Å². The van der Waals surface area contributed by atoms with Gasteiger partial charge in [-0.15, -0.1) is 11.3 Å². The third kappa shape index (κ3) is 2.97. The van der Waals surface area contributed by atoms with Crippen molar-refractivity contribution in [3.63, 3.8) is 0 Å². The quantitative estimate of drug-likeness (QED) is 0.262. The lowest BCUT2D eigenvalue weighted by atomic mass is 9.98. The molecule has 0 saturated carbocycles. The first-order chi connectivity index (χ1) is 15.0. The summed E-state index contributed by atoms with van der Waals surface area (Å²) in [6.45, 7) is 1.88. The zero-order valence-corrected chi connectivity index (χ0v) is 17.2. The number of thiophene rings is 1. The fourth-order valence-electron chi connectivity index (χ4n) is 4.05. The molecule has 1 unspecified atom stereocenters. The molecular formula is C24H17FN2O3S. The van der Waals surface area contributed by atoms with E-state index in [1.54, 1.807) is 12.3 Å². The van der Waals surface area contributed by atoms with Gasteiger partial charge in [0.2, 0.25) is 0 Å². The molecule has 1 amide bonds. The minimum absolute atomic E-state index is 0.00966. The standard InChI is InChI=1S/C24H17FN2O3S/c1-13-9-10-31-23(13)20-19(21(28)17-12-26-18-8-3-2-7-16(17)18)22(29)24(30)27(20)15-6-4-5-14(25)11-15/h2-12,20,26,28H,1H3/b21-19+. The van der Waals surface area contributed by atoms with Gasteiger partial charge in [0, 0.05) is 33.2 Å². The van der Waals surface area contributed by atoms with Crippen molar-refractivity contribution in [2.45, 2.75) is 13.0 Å². The van der Waals surface area contributed by atoms with Crippen molar-refractivity contribution in [3.8, 4) is 0 Å². The average molecular weight is 432 g/mol. The van der Waals surface area contributed by atoms with Crippen LogP contribution in [0.4, 0.5) is 10.1 Å². The van der Waals surface area contributed by atoms with Gasteiger partial charge in [-0.1, -0.05) is 24.3 Å². The van der Waals surface area contributed by atoms with Crippen molar-refractivity contribution in [1.29, 1.82) is 0 Å². The molecule has 0 radical (unpaired) electrons. The van der Waals surface area contributed by atoms with Crippen molar-refractivity contribution in [3.05, 3.63) is 93.6 Å². The Kier molecular flexibility index (Phi) is 4.48. The number of benzene rings is 2. The van der Waals surface area contributed by atoms with E-state index >= 15 is 0 Å². The van der Waals surface area contributed by atoms with Gasteiger partial charge in [0.05, 0.1) is 5.57 Å². The number of rotatable bonds is 3. The van der Waals surface area contributed by atoms with Crippen molar-refractivity contribution in [2.75, 3.05) is 4.90 Å². The summed E-state index contributed by atoms with van der Waals surface area (Å²) in [7, 11) is 0. The van der Waals surface area contributed by atoms with E-state index in [2.05, 4.69) is 4.98 Å². The fourth-order valence-corrected chi connectivity index (χ4v) is 5.07. The Labute approximate surface area is 181 Å². The number of aromatic amines is 1. The molecule has 1 aliphatic rings. The van der Waals surface area contributed by atoms with Gasteiger partial charge in [-0.3, -0.25) is 14.5 Å². The number of nitrogens with one attached hydrogen (secondary N) is 1. The van der Waals surface area contributed by atoms with E-state index in [0.29, 0.717) is 5.56 Å². The molecule has 1 saturated heterocycles. The maximum absolute atomic E-state index is 14.0. The van der Waals surface area contributed by atoms with Crippen LogP contribution in [0.25, 0.3) is 16.7 Å². The molecule has 154 valence electrons. The monoisotopic (exact) mass is 432 g/mol. The lowest BCUT2D eigenvalue weighted by molar-refractivity contribution is -0.132. The molecule has 2 aromatic carbocycles. The summed E-state index contributed by atoms with van der Waals surface area (Å²) in [6.07, 6.45) is 1.62. The normalized spacial score (nSPS) is 18.3. The number of H-pyrrole nitrogens is 1. The number of carbonyl (C=O) groups is 2. The molecule has 7 heteroatoms. The highest BCUT2D eigenvalue weighted by atomic mass is 32.1. The first-order valence-electron chi connectivity index (χ1n) is 9.64. The van der Waals surface area contributed by atoms with Crippen LogP contribution in [0.1, 0.15) is 22.0 Å². The molecule has 2 N–H and O–H groups in total. The summed E-state index contributed by atoms with van der Waals surface area (Å²) in [6, 6.07) is 14.0. The van der Waals surface area contributed by atoms with Gasteiger partial charge in [0.15, 0.2) is 0 Å². The molecule has 4 aromatic rings. The number of nitrogens with zero attached hydrogens (tertiary/aromatic N) is 1. The number of Topliss-reactive ketones (excluding diaryl/α,β-unsaturated/α-hetero) is 1. The maximum Gasteiger partial charge on any atom is 0.300 e. The Morgan fingerprint density at radius 2 is 1.94 bits per heavy atom. The van der Waals surface area contributed by atoms with Gasteiger partial charge < -0.3 is 10.1 Å². The van der Waals surface area contributed by atoms with Gasteiger partial charge in [-0.2, -0.15) is 0 Å². The number of para-hydroxylation sites is 1. The number of halogens is 1. The van der Waals surface area contributed by atoms with Gasteiger partial charge in [0.25, 0.3) is 11.7 Å². The third-order valence-electron chi connectivity index (χ3n) is 5.53. The molecule has 1 fully saturated rings. The number of amides is 1. The molecule has 31 heavy (non-hydrogen) atoms. The maximum atomic E-state index is 14.0. The van der Waals surface area contributed by atoms with Crippen LogP contribution >= 0.6 is 11.3 Å². The largest absolute Gasteiger partial charge is 0.507 e. The SMILES string of the molecule is Cc1ccsc1C1/C(=C(\O)c2c[nH]c3ccccc23)C(=O)C(=O)N1c1cccc(F)c1. The Hall–Kier alpha value is -3.71. The van der Waals surface area contributed by atoms with Crippen LogP contribution in [0.15, 0.2) is 71.7 Å². The number of fused-ring (bicyclic) bond motifs is 1. The van der Waals surface area contributed by atoms with Crippen molar-refractivity contribution < 1.29 is 19.1 Å². The predicted molar refractivity (Wildman–Crippen MR) is 119 cm³/mol. The molecule has 0 spiro atoms. The number of aryl methyl sites for hydroxylation is 1. The zero-order chi connectivity index (χ0) is 21.7. The summed E-state index contributed by atoms with van der Waals surface area (Å²) in [5.41, 5.74) is 2.37. The van der Waals surface area contributed by atoms with E-state index in [1.807, 2.05) is 42.6 Å². The topological polar surface area (TPSA) is 73.4 Å². The minimum Gasteiger partial charge on any atom is -0.507 e. The van der Waals surface area contributed by atoms with Gasteiger partial charge in [-0.05, 0) is 48.2 Å². The third-order valence-corrected chi connectivity index (χ3v) is 6.60. The zero-order valence-electron chi connectivity index (χ0n) is 16.4. The van der Waals surface area contributed by atoms with E-state index in [1.165, 1.54) is 34.4 Å². The number of aliphatic hydroxyl groups is 1. The highest BCUT2D eigenvalue weighted by Gasteiger charge is 2.48. The Morgan fingerprint density at radius 1 is 1.13 bits per heavy atom. The van der Waals surface area contributed by atoms with E-state index in [9.17, 15) is 19.1 Å². The van der Waals surface area contributed by atoms with Gasteiger partial charge >= 0.3 is 0 Å². The Morgan fingerprint density at radius 3 is 2.68 bits per heavy atom. The van der Waals surface area contributed by atoms with Crippen LogP contribution in [0.3, 0.4) is 0 Å². The number of ketones is 1. The Bertz CT molecular complexity index is 1380. The van der Waals surface area contributed by atoms with Crippen molar-refractivity contribution in [1.82, 2.24) is 4.98 Å². The molecule has 1 atom stereocenters. The lowest BCUT2D eigenvalue weighted by Crippen LogP contribution is -2.29. The van der Waals surface area contributed by atoms with Crippen LogP contribution in [0.2, 0.25) is 0 Å². The molecule has 1 aliphatic heterocycles. The number of hydrogen-bond acceptors (Lipinski definition) is 4. The van der Waals surface area contributed by atoms with Gasteiger partial charge in [-0.25, -0.2) is 4.39 Å². The highest BCUT2D eigenvalue weighted by molar-refractivity contribution is 7.10. The smallest absolute Gasteiger partial charge is 0.300 e. The van der Waals surface area contributed by atoms with E-state index in [4.69, 9.17) is 0 Å². The molecule has 5 rings (SSSR count). The second kappa shape index (κ2) is 7.21. The molecule has 0 aliphatic carbocycles. The first kappa shape index (κ1) is 19.3. The summed E-state index contributed by atoms with van der Waals surface area (Å²) < 4.78 is 14.0. The molecule has 5 nitrogen and oxygen atoms in total. The van der Waals surface area contributed by atoms with Crippen LogP contribution in [0, 0.1) is 12.7 Å². The minimum atomic E-state index is -0.851. The average Bonchev–Trinajstić information content (AvgIpc) is 3.44. The molecular weight excluding hydrogens is 415 g/mol. The molecule has 2 aromatic heterocycles. The summed E-state index contributed by atoms with van der Waals surface area (Å²) in [5.74, 6) is -2.38. The molecule has 3 heterocycles. The van der Waals surface area contributed by atoms with Crippen LogP contribution in [-0.2, 0) is 9.59 Å². The van der Waals surface area contributed by atoms with Crippen molar-refractivity contribution >= 4 is 45.4 Å². The van der Waals surface area contributed by atoms with E-state index in [0.717, 1.165) is 21.3 Å². The van der Waals surface area contributed by atoms with Crippen LogP contribution in [0.5, 0.6) is 0 Å². The summed E-state index contributed by atoms with van der Waals surface area (Å²) >= 11 is 1.38. The van der Waals surface area contributed by atoms with Gasteiger partial charge in [0.1, 0.15) is 17.6 Å². The van der Waals surface area contributed by atoms with Crippen LogP contribution < -0.4 is 4.90 Å². The number of anilines is 1. The second-order valence-corrected chi connectivity index (χ2v) is 8.31.